The number of halogens is 2. The molecular weight excluding hydrogens is 307 g/mol. The molecule has 0 amide bonds. The van der Waals surface area contributed by atoms with Crippen LogP contribution in [0.3, 0.4) is 0 Å². The molecule has 0 spiro atoms. The molecule has 0 aromatic carbocycles. The highest BCUT2D eigenvalue weighted by Gasteiger charge is 2.17. The number of methoxy groups -OCH3 is 1. The van der Waals surface area contributed by atoms with Gasteiger partial charge in [-0.15, -0.1) is 11.3 Å². The molecule has 0 aliphatic rings. The lowest BCUT2D eigenvalue weighted by Crippen LogP contribution is -2.33. The lowest BCUT2D eigenvalue weighted by Gasteiger charge is -2.19. The quantitative estimate of drug-likeness (QED) is 0.691. The van der Waals surface area contributed by atoms with Gasteiger partial charge in [-0.05, 0) is 6.07 Å². The Kier molecular flexibility index (Phi) is 7.36. The Hall–Kier alpha value is -0.640. The second kappa shape index (κ2) is 8.51. The Bertz CT molecular complexity index is 471. The molecule has 1 aromatic heterocycles. The first-order valence-electron chi connectivity index (χ1n) is 5.64. The van der Waals surface area contributed by atoms with Crippen molar-refractivity contribution in [3.05, 3.63) is 20.3 Å². The average molecular weight is 321 g/mol. The van der Waals surface area contributed by atoms with Crippen LogP contribution >= 0.6 is 34.5 Å². The summed E-state index contributed by atoms with van der Waals surface area (Å²) in [6, 6.07) is 3.64. The van der Waals surface area contributed by atoms with Crippen LogP contribution in [0.25, 0.3) is 0 Å². The van der Waals surface area contributed by atoms with Crippen LogP contribution in [0.4, 0.5) is 0 Å². The van der Waals surface area contributed by atoms with Crippen molar-refractivity contribution >= 4 is 40.3 Å². The van der Waals surface area contributed by atoms with Gasteiger partial charge in [-0.25, -0.2) is 0 Å². The SMILES string of the molecule is COCCN(CCC#N)CC(=O)c1cc(Cl)sc1Cl. The second-order valence-electron chi connectivity index (χ2n) is 3.84. The summed E-state index contributed by atoms with van der Waals surface area (Å²) < 4.78 is 5.89. The van der Waals surface area contributed by atoms with Crippen LogP contribution in [0, 0.1) is 11.3 Å². The van der Waals surface area contributed by atoms with E-state index in [9.17, 15) is 4.79 Å². The van der Waals surface area contributed by atoms with Crippen molar-refractivity contribution in [2.45, 2.75) is 6.42 Å². The van der Waals surface area contributed by atoms with Gasteiger partial charge in [-0.2, -0.15) is 5.26 Å². The molecule has 0 atom stereocenters. The third-order valence-corrected chi connectivity index (χ3v) is 3.96. The number of thiophene rings is 1. The Balaban J connectivity index is 2.64. The first-order chi connectivity index (χ1) is 9.08. The number of hydrogen-bond acceptors (Lipinski definition) is 5. The van der Waals surface area contributed by atoms with E-state index >= 15 is 0 Å². The Morgan fingerprint density at radius 2 is 2.26 bits per heavy atom. The van der Waals surface area contributed by atoms with Crippen molar-refractivity contribution in [1.82, 2.24) is 4.90 Å². The Morgan fingerprint density at radius 1 is 1.53 bits per heavy atom. The fourth-order valence-corrected chi connectivity index (χ4v) is 3.02. The number of ether oxygens (including phenoxy) is 1. The van der Waals surface area contributed by atoms with Crippen molar-refractivity contribution < 1.29 is 9.53 Å². The van der Waals surface area contributed by atoms with Gasteiger partial charge in [0, 0.05) is 26.6 Å². The summed E-state index contributed by atoms with van der Waals surface area (Å²) in [5.74, 6) is -0.0952. The first-order valence-corrected chi connectivity index (χ1v) is 7.22. The summed E-state index contributed by atoms with van der Waals surface area (Å²) in [6.45, 7) is 1.84. The van der Waals surface area contributed by atoms with E-state index in [2.05, 4.69) is 6.07 Å². The largest absolute Gasteiger partial charge is 0.383 e. The first kappa shape index (κ1) is 16.4. The minimum atomic E-state index is -0.0952. The smallest absolute Gasteiger partial charge is 0.179 e. The number of carbonyl (C=O) groups is 1. The van der Waals surface area contributed by atoms with E-state index in [-0.39, 0.29) is 12.3 Å². The highest BCUT2D eigenvalue weighted by atomic mass is 35.5. The molecule has 4 nitrogen and oxygen atoms in total. The predicted octanol–water partition coefficient (Wildman–Crippen LogP) is 3.10. The molecule has 1 aromatic rings. The van der Waals surface area contributed by atoms with Crippen LogP contribution in [0.1, 0.15) is 16.8 Å². The Morgan fingerprint density at radius 3 is 2.79 bits per heavy atom. The number of nitriles is 1. The van der Waals surface area contributed by atoms with E-state index in [1.165, 1.54) is 11.3 Å². The van der Waals surface area contributed by atoms with Gasteiger partial charge in [-0.1, -0.05) is 23.2 Å². The van der Waals surface area contributed by atoms with E-state index in [1.807, 2.05) is 4.90 Å². The summed E-state index contributed by atoms with van der Waals surface area (Å²) in [7, 11) is 1.60. The molecular formula is C12H14Cl2N2O2S. The molecule has 0 fully saturated rings. The van der Waals surface area contributed by atoms with Crippen molar-refractivity contribution in [3.8, 4) is 6.07 Å². The normalized spacial score (nSPS) is 10.7. The number of Topliss-reactive ketones (excluding diaryl/α,β-unsaturated/α-hetero) is 1. The van der Waals surface area contributed by atoms with E-state index in [0.717, 1.165) is 0 Å². The van der Waals surface area contributed by atoms with Crippen LogP contribution in [0.15, 0.2) is 6.07 Å². The van der Waals surface area contributed by atoms with Gasteiger partial charge in [0.1, 0.15) is 4.34 Å². The molecule has 0 saturated heterocycles. The van der Waals surface area contributed by atoms with Crippen LogP contribution in [0.5, 0.6) is 0 Å². The molecule has 0 unspecified atom stereocenters. The van der Waals surface area contributed by atoms with Crippen LogP contribution < -0.4 is 0 Å². The summed E-state index contributed by atoms with van der Waals surface area (Å²) >= 11 is 12.9. The van der Waals surface area contributed by atoms with Crippen LogP contribution in [-0.4, -0.2) is 44.0 Å². The lowest BCUT2D eigenvalue weighted by molar-refractivity contribution is 0.0899. The molecule has 0 radical (unpaired) electrons. The van der Waals surface area contributed by atoms with Gasteiger partial charge in [0.05, 0.1) is 29.1 Å². The zero-order chi connectivity index (χ0) is 14.3. The van der Waals surface area contributed by atoms with Crippen molar-refractivity contribution in [2.75, 3.05) is 33.4 Å². The van der Waals surface area contributed by atoms with Crippen molar-refractivity contribution in [3.63, 3.8) is 0 Å². The van der Waals surface area contributed by atoms with Gasteiger partial charge < -0.3 is 4.74 Å². The summed E-state index contributed by atoms with van der Waals surface area (Å²) in [5.41, 5.74) is 0.441. The van der Waals surface area contributed by atoms with Gasteiger partial charge in [0.2, 0.25) is 0 Å². The molecule has 0 aliphatic carbocycles. The van der Waals surface area contributed by atoms with Gasteiger partial charge >= 0.3 is 0 Å². The second-order valence-corrected chi connectivity index (χ2v) is 6.12. The van der Waals surface area contributed by atoms with Crippen LogP contribution in [0.2, 0.25) is 8.67 Å². The fourth-order valence-electron chi connectivity index (χ4n) is 1.52. The number of carbonyl (C=O) groups excluding carboxylic acids is 1. The predicted molar refractivity (Wildman–Crippen MR) is 77.2 cm³/mol. The van der Waals surface area contributed by atoms with Gasteiger partial charge in [0.25, 0.3) is 0 Å². The minimum Gasteiger partial charge on any atom is -0.383 e. The monoisotopic (exact) mass is 320 g/mol. The maximum absolute atomic E-state index is 12.1. The highest BCUT2D eigenvalue weighted by Crippen LogP contribution is 2.31. The van der Waals surface area contributed by atoms with Crippen molar-refractivity contribution in [1.29, 1.82) is 5.26 Å². The third-order valence-electron chi connectivity index (χ3n) is 2.48. The van der Waals surface area contributed by atoms with E-state index in [1.54, 1.807) is 13.2 Å². The topological polar surface area (TPSA) is 53.3 Å². The number of rotatable bonds is 8. The number of nitrogens with zero attached hydrogens (tertiary/aromatic N) is 2. The molecule has 0 saturated carbocycles. The zero-order valence-electron chi connectivity index (χ0n) is 10.5. The van der Waals surface area contributed by atoms with E-state index in [4.69, 9.17) is 33.2 Å². The van der Waals surface area contributed by atoms with Crippen LogP contribution in [-0.2, 0) is 4.74 Å². The molecule has 7 heteroatoms. The number of hydrogen-bond donors (Lipinski definition) is 0. The zero-order valence-corrected chi connectivity index (χ0v) is 12.8. The molecule has 19 heavy (non-hydrogen) atoms. The number of ketones is 1. The minimum absolute atomic E-state index is 0.0952. The lowest BCUT2D eigenvalue weighted by atomic mass is 10.2. The molecule has 0 N–H and O–H groups in total. The molecule has 104 valence electrons. The third kappa shape index (κ3) is 5.47. The summed E-state index contributed by atoms with van der Waals surface area (Å²) in [6.07, 6.45) is 0.370. The van der Waals surface area contributed by atoms with E-state index < -0.39 is 0 Å². The molecule has 1 rings (SSSR count). The maximum atomic E-state index is 12.1. The fraction of sp³-hybridized carbons (Fsp3) is 0.500. The molecule has 1 heterocycles. The summed E-state index contributed by atoms with van der Waals surface area (Å²) in [4.78, 5) is 14.0. The maximum Gasteiger partial charge on any atom is 0.179 e. The standard InChI is InChI=1S/C12H14Cl2N2O2S/c1-18-6-5-16(4-2-3-15)8-10(17)9-7-11(13)19-12(9)14/h7H,2,4-6,8H2,1H3. The average Bonchev–Trinajstić information content (AvgIpc) is 2.71. The highest BCUT2D eigenvalue weighted by molar-refractivity contribution is 7.20. The van der Waals surface area contributed by atoms with Crippen molar-refractivity contribution in [2.24, 2.45) is 0 Å². The molecule has 0 bridgehead atoms. The van der Waals surface area contributed by atoms with Gasteiger partial charge in [-0.3, -0.25) is 9.69 Å². The molecule has 0 aliphatic heterocycles. The summed E-state index contributed by atoms with van der Waals surface area (Å²) in [5, 5.41) is 8.61. The van der Waals surface area contributed by atoms with E-state index in [0.29, 0.717) is 40.4 Å². The van der Waals surface area contributed by atoms with Gasteiger partial charge in [0.15, 0.2) is 5.78 Å². The Labute approximate surface area is 126 Å².